The smallest absolute Gasteiger partial charge is 0.311 e. The predicted octanol–water partition coefficient (Wildman–Crippen LogP) is 2.76. The molecule has 178 valence electrons. The molecule has 0 radical (unpaired) electrons. The molecule has 2 aromatic carbocycles. The Morgan fingerprint density at radius 1 is 1.09 bits per heavy atom. The highest BCUT2D eigenvalue weighted by molar-refractivity contribution is 7.58. The topological polar surface area (TPSA) is 168 Å². The molecule has 0 aliphatic heterocycles. The largest absolute Gasteiger partial charge is 0.481 e. The van der Waals surface area contributed by atoms with Crippen LogP contribution in [0.5, 0.6) is 0 Å². The molecule has 2 aromatic rings. The first-order chi connectivity index (χ1) is 15.5. The number of carboxylic acid groups (broad SMARTS) is 1. The van der Waals surface area contributed by atoms with Crippen LogP contribution < -0.4 is 16.8 Å². The van der Waals surface area contributed by atoms with Crippen molar-refractivity contribution < 1.29 is 24.2 Å². The van der Waals surface area contributed by atoms with Crippen molar-refractivity contribution in [2.24, 2.45) is 22.4 Å². The summed E-state index contributed by atoms with van der Waals surface area (Å²) in [5.74, 6) is -4.20. The van der Waals surface area contributed by atoms with E-state index in [1.807, 2.05) is 19.9 Å². The number of nitrogens with two attached hydrogens (primary N) is 2. The van der Waals surface area contributed by atoms with Gasteiger partial charge in [-0.25, -0.2) is 4.99 Å². The van der Waals surface area contributed by atoms with Crippen molar-refractivity contribution in [1.82, 2.24) is 5.32 Å². The minimum absolute atomic E-state index is 0.000901. The van der Waals surface area contributed by atoms with E-state index in [9.17, 15) is 24.2 Å². The van der Waals surface area contributed by atoms with Crippen LogP contribution in [-0.2, 0) is 20.6 Å². The van der Waals surface area contributed by atoms with E-state index in [0.29, 0.717) is 5.69 Å². The van der Waals surface area contributed by atoms with Crippen molar-refractivity contribution >= 4 is 30.9 Å². The first kappa shape index (κ1) is 26.1. The molecule has 2 rings (SSSR count). The van der Waals surface area contributed by atoms with E-state index >= 15 is 0 Å². The Balaban J connectivity index is 2.26. The van der Waals surface area contributed by atoms with Crippen LogP contribution in [0, 0.1) is 5.92 Å². The standard InChI is InChI=1S/C23H31N4O5P/c1-15(2)11-21(27-20(28)12-16-7-4-3-5-8-16)33(31,32)14-19(22(29)30)17-9-6-10-18(13-17)26-23(24)25/h3-10,13,15,19,21H,11-12,14H2,1-2H3,(H,27,28)(H,29,30)(H,31,32)(H4,24,25,26). The van der Waals surface area contributed by atoms with E-state index in [0.717, 1.165) is 5.56 Å². The molecule has 1 amide bonds. The lowest BCUT2D eigenvalue weighted by Crippen LogP contribution is -2.38. The van der Waals surface area contributed by atoms with Gasteiger partial charge in [0.1, 0.15) is 5.78 Å². The van der Waals surface area contributed by atoms with E-state index in [-0.39, 0.29) is 30.3 Å². The van der Waals surface area contributed by atoms with Crippen LogP contribution in [0.15, 0.2) is 59.6 Å². The number of nitrogens with zero attached hydrogens (tertiary/aromatic N) is 1. The van der Waals surface area contributed by atoms with Gasteiger partial charge in [-0.1, -0.05) is 56.3 Å². The number of hydrogen-bond donors (Lipinski definition) is 5. The Morgan fingerprint density at radius 2 is 1.76 bits per heavy atom. The number of aliphatic carboxylic acids is 1. The van der Waals surface area contributed by atoms with Crippen LogP contribution in [0.25, 0.3) is 0 Å². The molecule has 3 unspecified atom stereocenters. The van der Waals surface area contributed by atoms with E-state index in [1.54, 1.807) is 36.4 Å². The Labute approximate surface area is 193 Å². The maximum atomic E-state index is 13.4. The van der Waals surface area contributed by atoms with Gasteiger partial charge >= 0.3 is 5.97 Å². The summed E-state index contributed by atoms with van der Waals surface area (Å²) in [4.78, 5) is 39.5. The highest BCUT2D eigenvalue weighted by Crippen LogP contribution is 2.50. The minimum atomic E-state index is -4.13. The average molecular weight is 474 g/mol. The summed E-state index contributed by atoms with van der Waals surface area (Å²) in [7, 11) is -4.13. The second kappa shape index (κ2) is 11.6. The minimum Gasteiger partial charge on any atom is -0.481 e. The third kappa shape index (κ3) is 8.36. The zero-order valence-electron chi connectivity index (χ0n) is 18.7. The number of carbonyl (C=O) groups is 2. The maximum absolute atomic E-state index is 13.4. The summed E-state index contributed by atoms with van der Waals surface area (Å²) < 4.78 is 13.4. The molecule has 0 spiro atoms. The van der Waals surface area contributed by atoms with Crippen LogP contribution in [0.1, 0.15) is 37.3 Å². The second-order valence-electron chi connectivity index (χ2n) is 8.34. The summed E-state index contributed by atoms with van der Waals surface area (Å²) in [5, 5.41) is 12.5. The zero-order chi connectivity index (χ0) is 24.6. The fourth-order valence-electron chi connectivity index (χ4n) is 3.46. The molecule has 3 atom stereocenters. The third-order valence-corrected chi connectivity index (χ3v) is 7.19. The maximum Gasteiger partial charge on any atom is 0.311 e. The van der Waals surface area contributed by atoms with Gasteiger partial charge in [0, 0.05) is 6.16 Å². The zero-order valence-corrected chi connectivity index (χ0v) is 19.6. The fourth-order valence-corrected chi connectivity index (χ4v) is 5.71. The van der Waals surface area contributed by atoms with Crippen molar-refractivity contribution in [3.63, 3.8) is 0 Å². The number of carboxylic acids is 1. The first-order valence-electron chi connectivity index (χ1n) is 10.5. The molecule has 0 saturated carbocycles. The average Bonchev–Trinajstić information content (AvgIpc) is 2.71. The number of amides is 1. The number of nitrogens with one attached hydrogen (secondary N) is 1. The van der Waals surface area contributed by atoms with Gasteiger partial charge in [0.05, 0.1) is 18.0 Å². The SMILES string of the molecule is CC(C)CC(NC(=O)Cc1ccccc1)P(=O)(O)CC(C(=O)O)c1cccc(N=C(N)N)c1. The summed E-state index contributed by atoms with van der Waals surface area (Å²) in [6, 6.07) is 15.2. The van der Waals surface area contributed by atoms with E-state index in [4.69, 9.17) is 11.5 Å². The second-order valence-corrected chi connectivity index (χ2v) is 10.8. The van der Waals surface area contributed by atoms with Gasteiger partial charge in [-0.2, -0.15) is 0 Å². The summed E-state index contributed by atoms with van der Waals surface area (Å²) in [6.07, 6.45) is -0.260. The molecule has 7 N–H and O–H groups in total. The first-order valence-corrected chi connectivity index (χ1v) is 12.5. The Hall–Kier alpha value is -3.16. The highest BCUT2D eigenvalue weighted by Gasteiger charge is 2.38. The van der Waals surface area contributed by atoms with Crippen molar-refractivity contribution in [1.29, 1.82) is 0 Å². The molecular weight excluding hydrogens is 443 g/mol. The van der Waals surface area contributed by atoms with Gasteiger partial charge in [0.15, 0.2) is 5.96 Å². The quantitative estimate of drug-likeness (QED) is 0.189. The van der Waals surface area contributed by atoms with Crippen LogP contribution in [-0.4, -0.2) is 39.8 Å². The van der Waals surface area contributed by atoms with Gasteiger partial charge < -0.3 is 26.8 Å². The molecule has 10 heteroatoms. The third-order valence-electron chi connectivity index (χ3n) is 4.99. The van der Waals surface area contributed by atoms with Crippen molar-refractivity contribution in [3.8, 4) is 0 Å². The van der Waals surface area contributed by atoms with Gasteiger partial charge in [0.25, 0.3) is 0 Å². The van der Waals surface area contributed by atoms with Gasteiger partial charge in [-0.05, 0) is 35.6 Å². The van der Waals surface area contributed by atoms with Crippen molar-refractivity contribution in [2.45, 2.75) is 38.4 Å². The number of guanidine groups is 1. The summed E-state index contributed by atoms with van der Waals surface area (Å²) in [5.41, 5.74) is 12.2. The molecule has 0 bridgehead atoms. The van der Waals surface area contributed by atoms with Crippen molar-refractivity contribution in [2.75, 3.05) is 6.16 Å². The number of hydrogen-bond acceptors (Lipinski definition) is 4. The highest BCUT2D eigenvalue weighted by atomic mass is 31.2. The lowest BCUT2D eigenvalue weighted by atomic mass is 10.0. The number of benzene rings is 2. The number of aliphatic imine (C=N–C) groups is 1. The molecule has 0 saturated heterocycles. The summed E-state index contributed by atoms with van der Waals surface area (Å²) in [6.45, 7) is 3.73. The van der Waals surface area contributed by atoms with E-state index in [2.05, 4.69) is 10.3 Å². The van der Waals surface area contributed by atoms with Gasteiger partial charge in [-0.3, -0.25) is 14.2 Å². The Kier molecular flexibility index (Phi) is 9.20. The molecule has 0 aliphatic rings. The van der Waals surface area contributed by atoms with Crippen LogP contribution in [0.2, 0.25) is 0 Å². The van der Waals surface area contributed by atoms with E-state index in [1.165, 1.54) is 12.1 Å². The molecule has 9 nitrogen and oxygen atoms in total. The van der Waals surface area contributed by atoms with Gasteiger partial charge in [-0.15, -0.1) is 0 Å². The predicted molar refractivity (Wildman–Crippen MR) is 129 cm³/mol. The molecule has 0 aliphatic carbocycles. The van der Waals surface area contributed by atoms with E-state index < -0.39 is 37.1 Å². The Bertz CT molecular complexity index is 1040. The van der Waals surface area contributed by atoms with Crippen LogP contribution in [0.3, 0.4) is 0 Å². The molecule has 0 heterocycles. The summed E-state index contributed by atoms with van der Waals surface area (Å²) >= 11 is 0. The fraction of sp³-hybridized carbons (Fsp3) is 0.348. The monoisotopic (exact) mass is 474 g/mol. The number of carbonyl (C=O) groups excluding carboxylic acids is 1. The number of rotatable bonds is 11. The molecule has 0 fully saturated rings. The van der Waals surface area contributed by atoms with Gasteiger partial charge in [0.2, 0.25) is 13.3 Å². The van der Waals surface area contributed by atoms with Crippen LogP contribution in [0.4, 0.5) is 5.69 Å². The Morgan fingerprint density at radius 3 is 2.33 bits per heavy atom. The molecule has 33 heavy (non-hydrogen) atoms. The van der Waals surface area contributed by atoms with Crippen molar-refractivity contribution in [3.05, 3.63) is 65.7 Å². The van der Waals surface area contributed by atoms with Crippen LogP contribution >= 0.6 is 7.37 Å². The lowest BCUT2D eigenvalue weighted by molar-refractivity contribution is -0.138. The molecular formula is C23H31N4O5P. The normalized spacial score (nSPS) is 14.7. The molecule has 0 aromatic heterocycles. The lowest BCUT2D eigenvalue weighted by Gasteiger charge is -2.28.